The molecular weight excluding hydrogens is 364 g/mol. The van der Waals surface area contributed by atoms with Crippen molar-refractivity contribution >= 4 is 23.5 Å². The van der Waals surface area contributed by atoms with E-state index in [4.69, 9.17) is 16.0 Å². The molecule has 0 saturated heterocycles. The van der Waals surface area contributed by atoms with Crippen molar-refractivity contribution in [2.45, 2.75) is 0 Å². The molecule has 26 heavy (non-hydrogen) atoms. The number of furan rings is 1. The molecule has 3 aromatic heterocycles. The van der Waals surface area contributed by atoms with Crippen molar-refractivity contribution < 1.29 is 23.5 Å². The van der Waals surface area contributed by atoms with E-state index in [-0.39, 0.29) is 16.5 Å². The lowest BCUT2D eigenvalue weighted by Crippen LogP contribution is -2.05. The highest BCUT2D eigenvalue weighted by Crippen LogP contribution is 2.16. The van der Waals surface area contributed by atoms with Crippen LogP contribution in [0.1, 0.15) is 21.0 Å². The van der Waals surface area contributed by atoms with Gasteiger partial charge in [0, 0.05) is 0 Å². The fourth-order valence-corrected chi connectivity index (χ4v) is 1.80. The van der Waals surface area contributed by atoms with E-state index in [1.165, 1.54) is 45.3 Å². The van der Waals surface area contributed by atoms with Crippen molar-refractivity contribution in [3.05, 3.63) is 59.7 Å². The van der Waals surface area contributed by atoms with Crippen LogP contribution in [0.2, 0.25) is 5.15 Å². The normalized spacial score (nSPS) is 9.65. The van der Waals surface area contributed by atoms with Gasteiger partial charge >= 0.3 is 11.9 Å². The Morgan fingerprint density at radius 2 is 1.58 bits per heavy atom. The first-order valence-corrected chi connectivity index (χ1v) is 7.43. The Bertz CT molecular complexity index is 886. The van der Waals surface area contributed by atoms with Gasteiger partial charge in [-0.05, 0) is 12.1 Å². The summed E-state index contributed by atoms with van der Waals surface area (Å²) in [6.45, 7) is 0. The molecule has 0 aliphatic heterocycles. The van der Waals surface area contributed by atoms with Crippen LogP contribution in [0.25, 0.3) is 11.5 Å². The molecule has 0 amide bonds. The number of ether oxygens (including phenoxy) is 2. The summed E-state index contributed by atoms with van der Waals surface area (Å²) in [6.07, 6.45) is 7.02. The number of hydrogen-bond acceptors (Lipinski definition) is 9. The fraction of sp³-hybridized carbons (Fsp3) is 0.125. The Morgan fingerprint density at radius 3 is 2.12 bits per heavy atom. The summed E-state index contributed by atoms with van der Waals surface area (Å²) < 4.78 is 14.1. The van der Waals surface area contributed by atoms with Crippen LogP contribution in [0, 0.1) is 0 Å². The molecule has 0 atom stereocenters. The molecule has 0 radical (unpaired) electrons. The van der Waals surface area contributed by atoms with Gasteiger partial charge in [-0.25, -0.2) is 19.6 Å². The smallest absolute Gasteiger partial charge is 0.358 e. The molecule has 3 aromatic rings. The van der Waals surface area contributed by atoms with E-state index >= 15 is 0 Å². The second kappa shape index (κ2) is 9.23. The Kier molecular flexibility index (Phi) is 6.75. The minimum Gasteiger partial charge on any atom is -0.464 e. The van der Waals surface area contributed by atoms with Crippen molar-refractivity contribution in [1.29, 1.82) is 0 Å². The molecule has 0 unspecified atom stereocenters. The number of aromatic nitrogens is 4. The molecule has 9 nitrogen and oxygen atoms in total. The Labute approximate surface area is 153 Å². The molecule has 0 spiro atoms. The summed E-state index contributed by atoms with van der Waals surface area (Å²) >= 11 is 5.46. The van der Waals surface area contributed by atoms with E-state index in [1.807, 2.05) is 0 Å². The summed E-state index contributed by atoms with van der Waals surface area (Å²) in [5.74, 6) is -0.496. The lowest BCUT2D eigenvalue weighted by atomic mass is 10.3. The second-order valence-electron chi connectivity index (χ2n) is 4.48. The third-order valence-corrected chi connectivity index (χ3v) is 2.98. The molecule has 0 aliphatic rings. The van der Waals surface area contributed by atoms with Gasteiger partial charge in [-0.15, -0.1) is 0 Å². The summed E-state index contributed by atoms with van der Waals surface area (Å²) in [5.41, 5.74) is 0.773. The van der Waals surface area contributed by atoms with Crippen molar-refractivity contribution in [3.63, 3.8) is 0 Å². The minimum atomic E-state index is -0.542. The maximum atomic E-state index is 11.2. The highest BCUT2D eigenvalue weighted by molar-refractivity contribution is 6.29. The van der Waals surface area contributed by atoms with Crippen molar-refractivity contribution in [1.82, 2.24) is 19.9 Å². The zero-order valence-electron chi connectivity index (χ0n) is 13.7. The van der Waals surface area contributed by atoms with Crippen LogP contribution in [0.3, 0.4) is 0 Å². The van der Waals surface area contributed by atoms with Crippen molar-refractivity contribution in [3.8, 4) is 11.5 Å². The van der Waals surface area contributed by atoms with Crippen LogP contribution in [-0.4, -0.2) is 46.1 Å². The minimum absolute atomic E-state index is 0.111. The van der Waals surface area contributed by atoms with Crippen LogP contribution in [0.5, 0.6) is 0 Å². The zero-order chi connectivity index (χ0) is 18.9. The number of rotatable bonds is 3. The molecule has 0 aromatic carbocycles. The average molecular weight is 377 g/mol. The Morgan fingerprint density at radius 1 is 0.962 bits per heavy atom. The van der Waals surface area contributed by atoms with Gasteiger partial charge in [0.15, 0.2) is 17.1 Å². The van der Waals surface area contributed by atoms with Gasteiger partial charge in [0.1, 0.15) is 10.8 Å². The first kappa shape index (κ1) is 19.0. The van der Waals surface area contributed by atoms with Crippen molar-refractivity contribution in [2.24, 2.45) is 0 Å². The summed E-state index contributed by atoms with van der Waals surface area (Å²) in [4.78, 5) is 37.2. The van der Waals surface area contributed by atoms with Gasteiger partial charge in [0.05, 0.1) is 45.3 Å². The molecule has 0 aliphatic carbocycles. The SMILES string of the molecule is COC(=O)c1cncc(-c2ccco2)n1.COC(=O)c1cncc(Cl)n1. The van der Waals surface area contributed by atoms with Gasteiger partial charge < -0.3 is 13.9 Å². The first-order valence-electron chi connectivity index (χ1n) is 7.05. The van der Waals surface area contributed by atoms with Crippen molar-refractivity contribution in [2.75, 3.05) is 14.2 Å². The number of hydrogen-bond donors (Lipinski definition) is 0. The van der Waals surface area contributed by atoms with Gasteiger partial charge in [0.2, 0.25) is 0 Å². The first-order chi connectivity index (χ1) is 12.5. The number of esters is 2. The zero-order valence-corrected chi connectivity index (χ0v) is 14.5. The van der Waals surface area contributed by atoms with E-state index in [1.54, 1.807) is 12.1 Å². The summed E-state index contributed by atoms with van der Waals surface area (Å²) in [6, 6.07) is 3.48. The maximum absolute atomic E-state index is 11.2. The van der Waals surface area contributed by atoms with E-state index in [0.717, 1.165) is 0 Å². The molecule has 3 heterocycles. The lowest BCUT2D eigenvalue weighted by molar-refractivity contribution is 0.0585. The Balaban J connectivity index is 0.000000197. The second-order valence-corrected chi connectivity index (χ2v) is 4.86. The van der Waals surface area contributed by atoms with Crippen LogP contribution >= 0.6 is 11.6 Å². The van der Waals surface area contributed by atoms with Crippen LogP contribution in [0.4, 0.5) is 0 Å². The predicted molar refractivity (Wildman–Crippen MR) is 89.5 cm³/mol. The predicted octanol–water partition coefficient (Wildman–Crippen LogP) is 2.44. The third-order valence-electron chi connectivity index (χ3n) is 2.80. The molecule has 0 N–H and O–H groups in total. The maximum Gasteiger partial charge on any atom is 0.358 e. The number of carbonyl (C=O) groups excluding carboxylic acids is 2. The van der Waals surface area contributed by atoms with E-state index < -0.39 is 11.9 Å². The Hall–Kier alpha value is -3.33. The van der Waals surface area contributed by atoms with Crippen LogP contribution < -0.4 is 0 Å². The number of nitrogens with zero attached hydrogens (tertiary/aromatic N) is 4. The van der Waals surface area contributed by atoms with Gasteiger partial charge in [0.25, 0.3) is 0 Å². The van der Waals surface area contributed by atoms with E-state index in [0.29, 0.717) is 11.5 Å². The third kappa shape index (κ3) is 5.08. The highest BCUT2D eigenvalue weighted by Gasteiger charge is 2.10. The van der Waals surface area contributed by atoms with Crippen LogP contribution in [0.15, 0.2) is 47.6 Å². The molecule has 134 valence electrons. The highest BCUT2D eigenvalue weighted by atomic mass is 35.5. The molecule has 3 rings (SSSR count). The molecule has 10 heteroatoms. The van der Waals surface area contributed by atoms with Gasteiger partial charge in [-0.2, -0.15) is 0 Å². The van der Waals surface area contributed by atoms with E-state index in [2.05, 4.69) is 29.4 Å². The number of halogens is 1. The summed E-state index contributed by atoms with van der Waals surface area (Å²) in [7, 11) is 2.56. The molecule has 0 fully saturated rings. The molecule has 0 bridgehead atoms. The van der Waals surface area contributed by atoms with Gasteiger partial charge in [-0.3, -0.25) is 9.97 Å². The van der Waals surface area contributed by atoms with Crippen LogP contribution in [-0.2, 0) is 9.47 Å². The standard InChI is InChI=1S/C10H8N2O3.C6H5ClN2O2/c1-14-10(13)8-6-11-5-7(12-8)9-3-2-4-15-9;1-11-6(10)4-2-8-3-5(7)9-4/h2-6H,1H3;2-3H,1H3. The quantitative estimate of drug-likeness (QED) is 0.635. The summed E-state index contributed by atoms with van der Waals surface area (Å²) in [5, 5.41) is 0.174. The fourth-order valence-electron chi connectivity index (χ4n) is 1.66. The number of carbonyl (C=O) groups is 2. The topological polar surface area (TPSA) is 117 Å². The molecule has 0 saturated carbocycles. The lowest BCUT2D eigenvalue weighted by Gasteiger charge is -1.99. The van der Waals surface area contributed by atoms with E-state index in [9.17, 15) is 9.59 Å². The van der Waals surface area contributed by atoms with Gasteiger partial charge in [-0.1, -0.05) is 11.6 Å². The monoisotopic (exact) mass is 376 g/mol. The molecular formula is C16H13ClN4O5. The number of methoxy groups -OCH3 is 2. The largest absolute Gasteiger partial charge is 0.464 e. The average Bonchev–Trinajstić information content (AvgIpc) is 3.22.